The number of fused-ring (bicyclic) bond motifs is 1. The lowest BCUT2D eigenvalue weighted by Gasteiger charge is -2.11. The van der Waals surface area contributed by atoms with Crippen LogP contribution in [0.4, 0.5) is 8.78 Å². The van der Waals surface area contributed by atoms with Gasteiger partial charge in [0.25, 0.3) is 0 Å². The molecule has 0 saturated carbocycles. The van der Waals surface area contributed by atoms with Crippen LogP contribution in [0.15, 0.2) is 66.9 Å². The van der Waals surface area contributed by atoms with Gasteiger partial charge in [0.15, 0.2) is 17.4 Å². The lowest BCUT2D eigenvalue weighted by Crippen LogP contribution is -2.15. The van der Waals surface area contributed by atoms with Gasteiger partial charge >= 0.3 is 0 Å². The van der Waals surface area contributed by atoms with E-state index in [0.717, 1.165) is 24.1 Å². The summed E-state index contributed by atoms with van der Waals surface area (Å²) in [6, 6.07) is 15.7. The van der Waals surface area contributed by atoms with Crippen LogP contribution in [0, 0.1) is 11.6 Å². The molecule has 0 saturated heterocycles. The maximum atomic E-state index is 13.4. The molecule has 7 heteroatoms. The molecule has 5 nitrogen and oxygen atoms in total. The van der Waals surface area contributed by atoms with Gasteiger partial charge in [-0.3, -0.25) is 9.78 Å². The molecule has 5 rings (SSSR count). The van der Waals surface area contributed by atoms with Crippen molar-refractivity contribution < 1.29 is 13.6 Å². The molecule has 1 aliphatic carbocycles. The first kappa shape index (κ1) is 20.2. The van der Waals surface area contributed by atoms with E-state index in [2.05, 4.69) is 15.1 Å². The second kappa shape index (κ2) is 8.42. The molecule has 2 heterocycles. The minimum absolute atomic E-state index is 0.0330. The first-order chi connectivity index (χ1) is 15.6. The van der Waals surface area contributed by atoms with Crippen molar-refractivity contribution in [2.24, 2.45) is 0 Å². The minimum atomic E-state index is -0.358. The molecule has 4 aromatic rings. The Morgan fingerprint density at radius 1 is 0.969 bits per heavy atom. The number of hydrogen-bond donors (Lipinski definition) is 0. The van der Waals surface area contributed by atoms with Crippen LogP contribution in [0.25, 0.3) is 22.8 Å². The van der Waals surface area contributed by atoms with Crippen molar-refractivity contribution >= 4 is 5.78 Å². The zero-order chi connectivity index (χ0) is 22.1. The van der Waals surface area contributed by atoms with Crippen molar-refractivity contribution in [3.8, 4) is 22.8 Å². The van der Waals surface area contributed by atoms with E-state index in [1.807, 2.05) is 12.1 Å². The van der Waals surface area contributed by atoms with E-state index in [4.69, 9.17) is 0 Å². The number of pyridine rings is 1. The first-order valence-corrected chi connectivity index (χ1v) is 10.5. The fraction of sp³-hybridized carbons (Fsp3) is 0.200. The van der Waals surface area contributed by atoms with Crippen molar-refractivity contribution in [1.29, 1.82) is 0 Å². The fourth-order valence-corrected chi connectivity index (χ4v) is 4.20. The van der Waals surface area contributed by atoms with Gasteiger partial charge in [-0.1, -0.05) is 6.07 Å². The third kappa shape index (κ3) is 4.06. The Balaban J connectivity index is 1.43. The highest BCUT2D eigenvalue weighted by atomic mass is 19.1. The maximum absolute atomic E-state index is 13.4. The summed E-state index contributed by atoms with van der Waals surface area (Å²) in [5.74, 6) is 0.321. The molecular formula is C25H20F2N4O. The molecule has 2 aromatic heterocycles. The molecule has 32 heavy (non-hydrogen) atoms. The number of aromatic nitrogens is 4. The number of nitrogens with zero attached hydrogens (tertiary/aromatic N) is 4. The number of Topliss-reactive ketones (excluding diaryl/α,β-unsaturated/α-hetero) is 1. The SMILES string of the molecule is O=C(CC1CCc2ncccc21)Cn1nc(-c2ccc(F)cc2)nc1-c1ccc(F)cc1. The van der Waals surface area contributed by atoms with Crippen molar-refractivity contribution in [1.82, 2.24) is 19.7 Å². The molecule has 0 spiro atoms. The van der Waals surface area contributed by atoms with Crippen LogP contribution in [0.2, 0.25) is 0 Å². The van der Waals surface area contributed by atoms with Gasteiger partial charge in [-0.2, -0.15) is 0 Å². The highest BCUT2D eigenvalue weighted by molar-refractivity contribution is 5.80. The Bertz CT molecular complexity index is 1270. The Labute approximate surface area is 183 Å². The summed E-state index contributed by atoms with van der Waals surface area (Å²) in [6.45, 7) is 0.0486. The Hall–Kier alpha value is -3.74. The van der Waals surface area contributed by atoms with Crippen LogP contribution in [-0.2, 0) is 17.8 Å². The molecule has 1 unspecified atom stereocenters. The van der Waals surface area contributed by atoms with E-state index >= 15 is 0 Å². The molecule has 0 aliphatic heterocycles. The lowest BCUT2D eigenvalue weighted by atomic mass is 9.96. The summed E-state index contributed by atoms with van der Waals surface area (Å²) >= 11 is 0. The molecule has 0 bridgehead atoms. The number of hydrogen-bond acceptors (Lipinski definition) is 4. The average molecular weight is 430 g/mol. The largest absolute Gasteiger partial charge is 0.298 e. The van der Waals surface area contributed by atoms with E-state index in [1.165, 1.54) is 24.3 Å². The number of halogens is 2. The molecule has 1 aliphatic rings. The first-order valence-electron chi connectivity index (χ1n) is 10.5. The predicted molar refractivity (Wildman–Crippen MR) is 116 cm³/mol. The van der Waals surface area contributed by atoms with Crippen LogP contribution < -0.4 is 0 Å². The number of aryl methyl sites for hydroxylation is 1. The fourth-order valence-electron chi connectivity index (χ4n) is 4.20. The van der Waals surface area contributed by atoms with Crippen LogP contribution in [0.5, 0.6) is 0 Å². The van der Waals surface area contributed by atoms with Gasteiger partial charge in [0.1, 0.15) is 18.2 Å². The number of carbonyl (C=O) groups is 1. The van der Waals surface area contributed by atoms with E-state index in [-0.39, 0.29) is 29.9 Å². The van der Waals surface area contributed by atoms with Crippen molar-refractivity contribution in [2.45, 2.75) is 31.7 Å². The topological polar surface area (TPSA) is 60.7 Å². The minimum Gasteiger partial charge on any atom is -0.298 e. The molecule has 0 fully saturated rings. The van der Waals surface area contributed by atoms with Gasteiger partial charge in [-0.05, 0) is 78.9 Å². The quantitative estimate of drug-likeness (QED) is 0.433. The summed E-state index contributed by atoms with van der Waals surface area (Å²) in [6.07, 6.45) is 3.96. The Morgan fingerprint density at radius 3 is 2.38 bits per heavy atom. The smallest absolute Gasteiger partial charge is 0.181 e. The van der Waals surface area contributed by atoms with E-state index in [9.17, 15) is 13.6 Å². The van der Waals surface area contributed by atoms with Crippen LogP contribution in [0.3, 0.4) is 0 Å². The maximum Gasteiger partial charge on any atom is 0.181 e. The molecule has 2 aromatic carbocycles. The molecule has 0 amide bonds. The summed E-state index contributed by atoms with van der Waals surface area (Å²) in [5.41, 5.74) is 3.49. The molecule has 1 atom stereocenters. The number of ketones is 1. The molecule has 160 valence electrons. The van der Waals surface area contributed by atoms with Gasteiger partial charge in [0, 0.05) is 29.4 Å². The highest BCUT2D eigenvalue weighted by Gasteiger charge is 2.26. The third-order valence-corrected chi connectivity index (χ3v) is 5.77. The molecule has 0 N–H and O–H groups in total. The van der Waals surface area contributed by atoms with E-state index in [0.29, 0.717) is 29.2 Å². The van der Waals surface area contributed by atoms with Gasteiger partial charge in [0.05, 0.1) is 0 Å². The lowest BCUT2D eigenvalue weighted by molar-refractivity contribution is -0.120. The Kier molecular flexibility index (Phi) is 5.31. The van der Waals surface area contributed by atoms with Crippen LogP contribution in [-0.4, -0.2) is 25.5 Å². The predicted octanol–water partition coefficient (Wildman–Crippen LogP) is 4.97. The third-order valence-electron chi connectivity index (χ3n) is 5.77. The van der Waals surface area contributed by atoms with Crippen molar-refractivity contribution in [2.75, 3.05) is 0 Å². The van der Waals surface area contributed by atoms with E-state index < -0.39 is 0 Å². The van der Waals surface area contributed by atoms with Gasteiger partial charge in [-0.15, -0.1) is 5.10 Å². The molecular weight excluding hydrogens is 410 g/mol. The average Bonchev–Trinajstić information content (AvgIpc) is 3.39. The standard InChI is InChI=1S/C25H20F2N4O/c26-19-8-3-16(4-9-19)24-29-25(17-5-10-20(27)11-6-17)31(30-24)15-21(32)14-18-7-12-23-22(18)2-1-13-28-23/h1-6,8-11,13,18H,7,12,14-15H2. The summed E-state index contributed by atoms with van der Waals surface area (Å²) in [4.78, 5) is 22.0. The zero-order valence-electron chi connectivity index (χ0n) is 17.2. The van der Waals surface area contributed by atoms with Gasteiger partial charge in [0.2, 0.25) is 0 Å². The van der Waals surface area contributed by atoms with Crippen LogP contribution >= 0.6 is 0 Å². The summed E-state index contributed by atoms with van der Waals surface area (Å²) in [7, 11) is 0. The van der Waals surface area contributed by atoms with Gasteiger partial charge in [-0.25, -0.2) is 18.4 Å². The van der Waals surface area contributed by atoms with Crippen molar-refractivity contribution in [3.63, 3.8) is 0 Å². The number of carbonyl (C=O) groups excluding carboxylic acids is 1. The second-order valence-corrected chi connectivity index (χ2v) is 7.95. The molecule has 0 radical (unpaired) electrons. The zero-order valence-corrected chi connectivity index (χ0v) is 17.2. The number of rotatable bonds is 6. The van der Waals surface area contributed by atoms with E-state index in [1.54, 1.807) is 35.1 Å². The summed E-state index contributed by atoms with van der Waals surface area (Å²) in [5, 5.41) is 4.52. The summed E-state index contributed by atoms with van der Waals surface area (Å²) < 4.78 is 28.3. The Morgan fingerprint density at radius 2 is 1.66 bits per heavy atom. The van der Waals surface area contributed by atoms with Crippen LogP contribution in [0.1, 0.15) is 30.0 Å². The monoisotopic (exact) mass is 430 g/mol. The second-order valence-electron chi connectivity index (χ2n) is 7.95. The number of benzene rings is 2. The highest BCUT2D eigenvalue weighted by Crippen LogP contribution is 2.34. The normalized spacial score (nSPS) is 15.0. The van der Waals surface area contributed by atoms with Gasteiger partial charge < -0.3 is 0 Å². The van der Waals surface area contributed by atoms with Crippen molar-refractivity contribution in [3.05, 3.63) is 89.8 Å².